The lowest BCUT2D eigenvalue weighted by Gasteiger charge is -2.36. The van der Waals surface area contributed by atoms with E-state index in [-0.39, 0.29) is 17.3 Å². The van der Waals surface area contributed by atoms with Crippen molar-refractivity contribution in [2.45, 2.75) is 58.7 Å². The standard InChI is InChI=1S/C15H26FNO3Si/c1-11-13(14(18)20-17-11)10-12(16)8-7-9-19-21(5,6)15(2,3)4/h8,13H,7,9-10H2,1-6H3/b12-8+. The zero-order valence-electron chi connectivity index (χ0n) is 13.8. The average Bonchev–Trinajstić information content (AvgIpc) is 2.65. The molecule has 0 aromatic rings. The third-order valence-electron chi connectivity index (χ3n) is 4.22. The maximum Gasteiger partial charge on any atom is 0.344 e. The molecule has 1 unspecified atom stereocenters. The summed E-state index contributed by atoms with van der Waals surface area (Å²) >= 11 is 0. The van der Waals surface area contributed by atoms with Gasteiger partial charge in [-0.15, -0.1) is 0 Å². The van der Waals surface area contributed by atoms with E-state index in [1.54, 1.807) is 6.92 Å². The van der Waals surface area contributed by atoms with Crippen LogP contribution in [0.15, 0.2) is 17.1 Å². The van der Waals surface area contributed by atoms with Crippen molar-refractivity contribution in [2.24, 2.45) is 11.1 Å². The summed E-state index contributed by atoms with van der Waals surface area (Å²) < 4.78 is 19.8. The fraction of sp³-hybridized carbons (Fsp3) is 0.733. The second kappa shape index (κ2) is 6.83. The van der Waals surface area contributed by atoms with Crippen LogP contribution in [0.5, 0.6) is 0 Å². The van der Waals surface area contributed by atoms with Crippen molar-refractivity contribution in [3.05, 3.63) is 11.9 Å². The van der Waals surface area contributed by atoms with E-state index >= 15 is 0 Å². The zero-order chi connectivity index (χ0) is 16.3. The molecular weight excluding hydrogens is 289 g/mol. The number of nitrogens with zero attached hydrogens (tertiary/aromatic N) is 1. The fourth-order valence-corrected chi connectivity index (χ4v) is 2.73. The monoisotopic (exact) mass is 315 g/mol. The van der Waals surface area contributed by atoms with Gasteiger partial charge in [-0.25, -0.2) is 9.18 Å². The summed E-state index contributed by atoms with van der Waals surface area (Å²) in [6.45, 7) is 13.0. The summed E-state index contributed by atoms with van der Waals surface area (Å²) in [7, 11) is -1.78. The summed E-state index contributed by atoms with van der Waals surface area (Å²) in [5.41, 5.74) is 0.529. The molecule has 0 bridgehead atoms. The molecule has 6 heteroatoms. The molecule has 1 aliphatic heterocycles. The van der Waals surface area contributed by atoms with Gasteiger partial charge in [-0.2, -0.15) is 0 Å². The van der Waals surface area contributed by atoms with Gasteiger partial charge in [0.05, 0.1) is 11.5 Å². The minimum Gasteiger partial charge on any atom is -0.417 e. The number of halogens is 1. The first-order valence-corrected chi connectivity index (χ1v) is 10.2. The van der Waals surface area contributed by atoms with E-state index in [1.807, 2.05) is 0 Å². The van der Waals surface area contributed by atoms with Gasteiger partial charge in [0.15, 0.2) is 8.32 Å². The molecule has 0 saturated carbocycles. The molecule has 120 valence electrons. The largest absolute Gasteiger partial charge is 0.417 e. The molecule has 0 aromatic heterocycles. The fourth-order valence-electron chi connectivity index (χ4n) is 1.67. The third-order valence-corrected chi connectivity index (χ3v) is 8.76. The molecule has 0 amide bonds. The summed E-state index contributed by atoms with van der Waals surface area (Å²) in [6, 6.07) is 0. The highest BCUT2D eigenvalue weighted by molar-refractivity contribution is 6.74. The Hall–Kier alpha value is -1.01. The van der Waals surface area contributed by atoms with Crippen LogP contribution >= 0.6 is 0 Å². The van der Waals surface area contributed by atoms with Crippen LogP contribution in [0.2, 0.25) is 18.1 Å². The predicted molar refractivity (Wildman–Crippen MR) is 84.3 cm³/mol. The normalized spacial score (nSPS) is 20.5. The molecule has 0 saturated heterocycles. The maximum absolute atomic E-state index is 13.8. The van der Waals surface area contributed by atoms with Crippen LogP contribution in [0.4, 0.5) is 4.39 Å². The Morgan fingerprint density at radius 3 is 2.57 bits per heavy atom. The van der Waals surface area contributed by atoms with Crippen molar-refractivity contribution in [1.29, 1.82) is 0 Å². The number of rotatable bonds is 6. The van der Waals surface area contributed by atoms with Crippen molar-refractivity contribution in [3.8, 4) is 0 Å². The van der Waals surface area contributed by atoms with E-state index in [4.69, 9.17) is 4.43 Å². The van der Waals surface area contributed by atoms with Crippen LogP contribution in [0.3, 0.4) is 0 Å². The Labute approximate surface area is 127 Å². The highest BCUT2D eigenvalue weighted by atomic mass is 28.4. The Kier molecular flexibility index (Phi) is 5.87. The van der Waals surface area contributed by atoms with Gasteiger partial charge in [0, 0.05) is 13.0 Å². The first kappa shape index (κ1) is 18.0. The van der Waals surface area contributed by atoms with Crippen LogP contribution in [0.1, 0.15) is 40.5 Å². The number of hydrogen-bond donors (Lipinski definition) is 0. The van der Waals surface area contributed by atoms with Crippen molar-refractivity contribution >= 4 is 20.0 Å². The Morgan fingerprint density at radius 1 is 1.48 bits per heavy atom. The van der Waals surface area contributed by atoms with E-state index in [1.165, 1.54) is 6.08 Å². The van der Waals surface area contributed by atoms with Crippen LogP contribution in [0.25, 0.3) is 0 Å². The van der Waals surface area contributed by atoms with Crippen molar-refractivity contribution in [3.63, 3.8) is 0 Å². The lowest BCUT2D eigenvalue weighted by molar-refractivity contribution is -0.143. The topological polar surface area (TPSA) is 47.9 Å². The van der Waals surface area contributed by atoms with Crippen molar-refractivity contribution in [1.82, 2.24) is 0 Å². The van der Waals surface area contributed by atoms with Gasteiger partial charge in [-0.3, -0.25) is 0 Å². The van der Waals surface area contributed by atoms with Gasteiger partial charge in [0.25, 0.3) is 0 Å². The third kappa shape index (κ3) is 5.03. The molecule has 1 atom stereocenters. The van der Waals surface area contributed by atoms with Crippen molar-refractivity contribution < 1.29 is 18.4 Å². The minimum absolute atomic E-state index is 0.0221. The Balaban J connectivity index is 2.40. The van der Waals surface area contributed by atoms with Gasteiger partial charge in [0.2, 0.25) is 0 Å². The quantitative estimate of drug-likeness (QED) is 0.419. The van der Waals surface area contributed by atoms with Crippen LogP contribution in [0, 0.1) is 5.92 Å². The molecule has 0 radical (unpaired) electrons. The van der Waals surface area contributed by atoms with Gasteiger partial charge < -0.3 is 9.26 Å². The molecule has 0 N–H and O–H groups in total. The minimum atomic E-state index is -1.78. The maximum atomic E-state index is 13.8. The molecule has 0 fully saturated rings. The molecule has 4 nitrogen and oxygen atoms in total. The smallest absolute Gasteiger partial charge is 0.344 e. The summed E-state index contributed by atoms with van der Waals surface area (Å²) in [5, 5.41) is 3.71. The molecule has 1 aliphatic rings. The molecule has 1 heterocycles. The van der Waals surface area contributed by atoms with E-state index in [2.05, 4.69) is 43.9 Å². The highest BCUT2D eigenvalue weighted by Gasteiger charge is 2.36. The van der Waals surface area contributed by atoms with Gasteiger partial charge >= 0.3 is 5.97 Å². The van der Waals surface area contributed by atoms with Crippen molar-refractivity contribution in [2.75, 3.05) is 6.61 Å². The SMILES string of the molecule is CC1=NOC(=O)C1C/C(F)=C\CCO[Si](C)(C)C(C)(C)C. The Bertz CT molecular complexity index is 452. The molecule has 0 spiro atoms. The summed E-state index contributed by atoms with van der Waals surface area (Å²) in [4.78, 5) is 15.9. The van der Waals surface area contributed by atoms with E-state index < -0.39 is 20.2 Å². The van der Waals surface area contributed by atoms with Gasteiger partial charge in [0.1, 0.15) is 5.92 Å². The first-order valence-electron chi connectivity index (χ1n) is 7.28. The number of oxime groups is 1. The lowest BCUT2D eigenvalue weighted by atomic mass is 10.0. The molecule has 21 heavy (non-hydrogen) atoms. The van der Waals surface area contributed by atoms with Gasteiger partial charge in [-0.1, -0.05) is 32.0 Å². The number of allylic oxidation sites excluding steroid dienone is 1. The summed E-state index contributed by atoms with van der Waals surface area (Å²) in [6.07, 6.45) is 2.02. The van der Waals surface area contributed by atoms with Crippen LogP contribution in [-0.2, 0) is 14.1 Å². The first-order chi connectivity index (χ1) is 9.54. The Morgan fingerprint density at radius 2 is 2.10 bits per heavy atom. The number of carbonyl (C=O) groups is 1. The van der Waals surface area contributed by atoms with Crippen LogP contribution < -0.4 is 0 Å². The van der Waals surface area contributed by atoms with E-state index in [9.17, 15) is 9.18 Å². The number of hydrogen-bond acceptors (Lipinski definition) is 4. The number of carbonyl (C=O) groups excluding carboxylic acids is 1. The molecular formula is C15H26FNO3Si. The predicted octanol–water partition coefficient (Wildman–Crippen LogP) is 4.19. The lowest BCUT2D eigenvalue weighted by Crippen LogP contribution is -2.40. The summed E-state index contributed by atoms with van der Waals surface area (Å²) in [5.74, 6) is -1.37. The van der Waals surface area contributed by atoms with E-state index in [0.29, 0.717) is 18.7 Å². The zero-order valence-corrected chi connectivity index (χ0v) is 14.8. The second-order valence-corrected chi connectivity index (χ2v) is 11.8. The van der Waals surface area contributed by atoms with Crippen LogP contribution in [-0.4, -0.2) is 26.6 Å². The molecule has 0 aromatic carbocycles. The second-order valence-electron chi connectivity index (χ2n) is 6.95. The highest BCUT2D eigenvalue weighted by Crippen LogP contribution is 2.36. The van der Waals surface area contributed by atoms with Gasteiger partial charge in [-0.05, 0) is 31.5 Å². The molecule has 0 aliphatic carbocycles. The average molecular weight is 315 g/mol. The van der Waals surface area contributed by atoms with E-state index in [0.717, 1.165) is 0 Å². The molecule has 1 rings (SSSR count).